The van der Waals surface area contributed by atoms with Crippen molar-refractivity contribution in [2.24, 2.45) is 5.92 Å². The molecule has 7 nitrogen and oxygen atoms in total. The number of carbonyl (C=O) groups excluding carboxylic acids is 2. The van der Waals surface area contributed by atoms with Crippen molar-refractivity contribution in [3.05, 3.63) is 70.5 Å². The van der Waals surface area contributed by atoms with Crippen LogP contribution >= 0.6 is 0 Å². The van der Waals surface area contributed by atoms with Gasteiger partial charge < -0.3 is 10.1 Å². The van der Waals surface area contributed by atoms with Crippen molar-refractivity contribution in [2.75, 3.05) is 5.32 Å². The van der Waals surface area contributed by atoms with Crippen LogP contribution in [0.2, 0.25) is 0 Å². The molecule has 0 amide bonds. The highest BCUT2D eigenvalue weighted by atomic mass is 16.6. The van der Waals surface area contributed by atoms with Gasteiger partial charge in [0.1, 0.15) is 11.7 Å². The molecule has 1 N–H and O–H groups in total. The number of hydrogen-bond acceptors (Lipinski definition) is 6. The van der Waals surface area contributed by atoms with E-state index < -0.39 is 22.9 Å². The van der Waals surface area contributed by atoms with Crippen LogP contribution in [0.1, 0.15) is 0 Å². The maximum Gasteiger partial charge on any atom is 0.341 e. The second-order valence-electron chi connectivity index (χ2n) is 5.14. The molecule has 2 atom stereocenters. The summed E-state index contributed by atoms with van der Waals surface area (Å²) in [5.74, 6) is -1.48. The van der Waals surface area contributed by atoms with Crippen molar-refractivity contribution >= 4 is 23.1 Å². The summed E-state index contributed by atoms with van der Waals surface area (Å²) in [6.07, 6.45) is 4.92. The number of carbonyl (C=O) groups is 2. The lowest BCUT2D eigenvalue weighted by Gasteiger charge is -2.31. The standard InChI is InChI=1S/C16H12N2O5/c1-9-3-2-4-12-13(9)15(19)14(16(20)23-12)17-10-5-7-11(8-6-10)18(21)22/h2-8,13-14,17H,1H2. The van der Waals surface area contributed by atoms with Crippen LogP contribution < -0.4 is 5.32 Å². The second-order valence-corrected chi connectivity index (χ2v) is 5.14. The first kappa shape index (κ1) is 14.7. The third-order valence-corrected chi connectivity index (χ3v) is 3.64. The molecular formula is C16H12N2O5. The van der Waals surface area contributed by atoms with E-state index in [-0.39, 0.29) is 17.2 Å². The van der Waals surface area contributed by atoms with Gasteiger partial charge in [-0.3, -0.25) is 14.9 Å². The monoisotopic (exact) mass is 312 g/mol. The molecule has 1 aliphatic heterocycles. The van der Waals surface area contributed by atoms with Gasteiger partial charge in [-0.2, -0.15) is 0 Å². The fraction of sp³-hybridized carbons (Fsp3) is 0.125. The minimum absolute atomic E-state index is 0.0795. The zero-order valence-corrected chi connectivity index (χ0v) is 11.9. The number of nitro benzene ring substituents is 1. The molecule has 7 heteroatoms. The Kier molecular flexibility index (Phi) is 3.53. The Hall–Kier alpha value is -3.22. The van der Waals surface area contributed by atoms with Gasteiger partial charge in [0.05, 0.1) is 4.92 Å². The van der Waals surface area contributed by atoms with Crippen LogP contribution in [0, 0.1) is 16.0 Å². The molecule has 0 aromatic heterocycles. The third-order valence-electron chi connectivity index (χ3n) is 3.64. The highest BCUT2D eigenvalue weighted by molar-refractivity contribution is 6.11. The van der Waals surface area contributed by atoms with E-state index in [1.807, 2.05) is 0 Å². The predicted molar refractivity (Wildman–Crippen MR) is 81.5 cm³/mol. The first-order valence-electron chi connectivity index (χ1n) is 6.81. The zero-order valence-electron chi connectivity index (χ0n) is 11.9. The molecule has 1 aromatic carbocycles. The van der Waals surface area contributed by atoms with Crippen molar-refractivity contribution in [2.45, 2.75) is 6.04 Å². The fourth-order valence-corrected chi connectivity index (χ4v) is 2.49. The van der Waals surface area contributed by atoms with Crippen LogP contribution in [-0.4, -0.2) is 22.7 Å². The molecular weight excluding hydrogens is 300 g/mol. The number of nitro groups is 1. The molecule has 23 heavy (non-hydrogen) atoms. The Balaban J connectivity index is 1.82. The fourth-order valence-electron chi connectivity index (χ4n) is 2.49. The molecule has 2 unspecified atom stereocenters. The summed E-state index contributed by atoms with van der Waals surface area (Å²) in [6.45, 7) is 3.80. The molecule has 1 fully saturated rings. The third kappa shape index (κ3) is 2.64. The van der Waals surface area contributed by atoms with Crippen LogP contribution in [0.4, 0.5) is 11.4 Å². The van der Waals surface area contributed by atoms with Crippen LogP contribution in [0.15, 0.2) is 60.4 Å². The molecule has 1 saturated heterocycles. The summed E-state index contributed by atoms with van der Waals surface area (Å²) >= 11 is 0. The minimum atomic E-state index is -1.18. The average Bonchev–Trinajstić information content (AvgIpc) is 2.51. The van der Waals surface area contributed by atoms with Crippen LogP contribution in [0.5, 0.6) is 0 Å². The molecule has 3 rings (SSSR count). The van der Waals surface area contributed by atoms with E-state index in [0.717, 1.165) is 0 Å². The number of Topliss-reactive ketones (excluding diaryl/α,β-unsaturated/α-hetero) is 1. The Bertz CT molecular complexity index is 776. The summed E-state index contributed by atoms with van der Waals surface area (Å²) in [7, 11) is 0. The summed E-state index contributed by atoms with van der Waals surface area (Å²) in [5.41, 5.74) is 0.884. The van der Waals surface area contributed by atoms with E-state index in [4.69, 9.17) is 4.74 Å². The van der Waals surface area contributed by atoms with Gasteiger partial charge in [-0.05, 0) is 23.8 Å². The van der Waals surface area contributed by atoms with Crippen LogP contribution in [0.25, 0.3) is 0 Å². The van der Waals surface area contributed by atoms with Gasteiger partial charge in [0.2, 0.25) is 0 Å². The van der Waals surface area contributed by atoms with E-state index in [0.29, 0.717) is 11.3 Å². The number of benzene rings is 1. The summed E-state index contributed by atoms with van der Waals surface area (Å²) in [6, 6.07) is 4.25. The highest BCUT2D eigenvalue weighted by Gasteiger charge is 2.43. The lowest BCUT2D eigenvalue weighted by molar-refractivity contribution is -0.384. The number of esters is 1. The molecule has 1 aliphatic carbocycles. The largest absolute Gasteiger partial charge is 0.428 e. The lowest BCUT2D eigenvalue weighted by atomic mass is 9.84. The highest BCUT2D eigenvalue weighted by Crippen LogP contribution is 2.32. The molecule has 1 heterocycles. The van der Waals surface area contributed by atoms with E-state index in [1.165, 1.54) is 24.3 Å². The molecule has 0 bridgehead atoms. The van der Waals surface area contributed by atoms with Crippen molar-refractivity contribution in [1.29, 1.82) is 0 Å². The normalized spacial score (nSPS) is 23.0. The van der Waals surface area contributed by atoms with E-state index in [1.54, 1.807) is 18.2 Å². The summed E-state index contributed by atoms with van der Waals surface area (Å²) in [4.78, 5) is 34.7. The number of allylic oxidation sites excluding steroid dienone is 4. The van der Waals surface area contributed by atoms with Gasteiger partial charge in [0.15, 0.2) is 11.8 Å². The number of anilines is 1. The second kappa shape index (κ2) is 5.53. The SMILES string of the molecule is C=C1C=CC=C2OC(=O)C(Nc3ccc([N+](=O)[O-])cc3)C(=O)C12. The van der Waals surface area contributed by atoms with E-state index in [9.17, 15) is 19.7 Å². The minimum Gasteiger partial charge on any atom is -0.428 e. The first-order chi connectivity index (χ1) is 11.0. The van der Waals surface area contributed by atoms with Gasteiger partial charge in [0, 0.05) is 17.8 Å². The Morgan fingerprint density at radius 2 is 1.91 bits per heavy atom. The Labute approximate surface area is 131 Å². The first-order valence-corrected chi connectivity index (χ1v) is 6.81. The maximum absolute atomic E-state index is 12.6. The smallest absolute Gasteiger partial charge is 0.341 e. The molecule has 116 valence electrons. The molecule has 0 radical (unpaired) electrons. The van der Waals surface area contributed by atoms with Crippen molar-refractivity contribution < 1.29 is 19.2 Å². The van der Waals surface area contributed by atoms with Gasteiger partial charge in [-0.15, -0.1) is 0 Å². The number of ketones is 1. The maximum atomic E-state index is 12.6. The quantitative estimate of drug-likeness (QED) is 0.397. The number of hydrogen-bond donors (Lipinski definition) is 1. The molecule has 1 aromatic rings. The van der Waals surface area contributed by atoms with Crippen molar-refractivity contribution in [1.82, 2.24) is 0 Å². The van der Waals surface area contributed by atoms with Crippen LogP contribution in [0.3, 0.4) is 0 Å². The Morgan fingerprint density at radius 1 is 1.22 bits per heavy atom. The molecule has 0 spiro atoms. The summed E-state index contributed by atoms with van der Waals surface area (Å²) in [5, 5.41) is 13.4. The number of non-ortho nitro benzene ring substituents is 1. The van der Waals surface area contributed by atoms with Crippen molar-refractivity contribution in [3.8, 4) is 0 Å². The number of ether oxygens (including phenoxy) is 1. The molecule has 0 saturated carbocycles. The predicted octanol–water partition coefficient (Wildman–Crippen LogP) is 2.13. The molecule has 2 aliphatic rings. The zero-order chi connectivity index (χ0) is 16.6. The van der Waals surface area contributed by atoms with Crippen molar-refractivity contribution in [3.63, 3.8) is 0 Å². The topological polar surface area (TPSA) is 98.5 Å². The van der Waals surface area contributed by atoms with Gasteiger partial charge in [-0.25, -0.2) is 4.79 Å². The lowest BCUT2D eigenvalue weighted by Crippen LogP contribution is -2.48. The van der Waals surface area contributed by atoms with Crippen LogP contribution in [-0.2, 0) is 14.3 Å². The van der Waals surface area contributed by atoms with Gasteiger partial charge >= 0.3 is 5.97 Å². The number of rotatable bonds is 3. The number of nitrogens with zero attached hydrogens (tertiary/aromatic N) is 1. The summed E-state index contributed by atoms with van der Waals surface area (Å²) < 4.78 is 5.20. The van der Waals surface area contributed by atoms with Gasteiger partial charge in [0.25, 0.3) is 5.69 Å². The van der Waals surface area contributed by atoms with E-state index >= 15 is 0 Å². The average molecular weight is 312 g/mol. The Morgan fingerprint density at radius 3 is 2.57 bits per heavy atom. The van der Waals surface area contributed by atoms with E-state index in [2.05, 4.69) is 11.9 Å². The van der Waals surface area contributed by atoms with Gasteiger partial charge in [-0.1, -0.05) is 18.7 Å². The number of nitrogens with one attached hydrogen (secondary N) is 1. The number of fused-ring (bicyclic) bond motifs is 1.